The Morgan fingerprint density at radius 2 is 1.67 bits per heavy atom. The largest absolute Gasteiger partial charge is 0.508 e. The molecule has 1 heterocycles. The molecule has 42 heavy (non-hydrogen) atoms. The number of phenols is 1. The van der Waals surface area contributed by atoms with Crippen molar-refractivity contribution in [3.63, 3.8) is 0 Å². The number of carbonyl (C=O) groups excluding carboxylic acids is 5. The van der Waals surface area contributed by atoms with Crippen LogP contribution in [0.3, 0.4) is 0 Å². The first-order valence-corrected chi connectivity index (χ1v) is 15.5. The van der Waals surface area contributed by atoms with E-state index in [9.17, 15) is 29.1 Å². The van der Waals surface area contributed by atoms with E-state index in [4.69, 9.17) is 5.73 Å². The topological polar surface area (TPSA) is 184 Å². The SMILES string of the molecule is CC[C@H](C)[C@H](NC(=O)[C@@H](CC(C)=O)Cc1ccc(O)cc1)C(=O)C[C@@H](Cc1cnc[nH]1)C(=O)N[C@@H](CCSC)C(N)=O. The number of thioether (sulfide) groups is 1. The second kappa shape index (κ2) is 17.3. The smallest absolute Gasteiger partial charge is 0.240 e. The molecule has 230 valence electrons. The zero-order valence-corrected chi connectivity index (χ0v) is 25.5. The van der Waals surface area contributed by atoms with Gasteiger partial charge in [-0.25, -0.2) is 4.98 Å². The van der Waals surface area contributed by atoms with Gasteiger partial charge in [-0.15, -0.1) is 0 Å². The third-order valence-corrected chi connectivity index (χ3v) is 7.93. The summed E-state index contributed by atoms with van der Waals surface area (Å²) < 4.78 is 0. The lowest BCUT2D eigenvalue weighted by Gasteiger charge is -2.27. The minimum absolute atomic E-state index is 0.0104. The second-order valence-corrected chi connectivity index (χ2v) is 11.7. The second-order valence-electron chi connectivity index (χ2n) is 10.7. The number of aromatic hydroxyl groups is 1. The number of nitrogens with zero attached hydrogens (tertiary/aromatic N) is 1. The zero-order chi connectivity index (χ0) is 31.2. The molecule has 3 amide bonds. The quantitative estimate of drug-likeness (QED) is 0.162. The van der Waals surface area contributed by atoms with E-state index in [1.165, 1.54) is 37.1 Å². The standard InChI is InChI=1S/C30H43N5O6S/c1-5-18(2)27(35-30(41)21(12-19(3)36)13-20-6-8-24(37)9-7-20)26(38)15-22(14-23-16-32-17-33-23)29(40)34-25(28(31)39)10-11-42-4/h6-9,16-18,21-22,25,27,37H,5,10-15H2,1-4H3,(H2,31,39)(H,32,33)(H,34,40)(H,35,41)/t18-,21-,22+,25-,27-/m0/s1. The third-order valence-electron chi connectivity index (χ3n) is 7.29. The van der Waals surface area contributed by atoms with Crippen LogP contribution in [0.4, 0.5) is 0 Å². The van der Waals surface area contributed by atoms with E-state index in [2.05, 4.69) is 20.6 Å². The van der Waals surface area contributed by atoms with Crippen LogP contribution in [0.5, 0.6) is 5.75 Å². The molecule has 0 aliphatic carbocycles. The molecule has 0 fully saturated rings. The Morgan fingerprint density at radius 3 is 2.21 bits per heavy atom. The zero-order valence-electron chi connectivity index (χ0n) is 24.7. The molecule has 0 saturated heterocycles. The highest BCUT2D eigenvalue weighted by Crippen LogP contribution is 2.21. The Kier molecular flexibility index (Phi) is 14.2. The number of carbonyl (C=O) groups is 5. The molecule has 2 rings (SSSR count). The number of Topliss-reactive ketones (excluding diaryl/α,β-unsaturated/α-hetero) is 2. The molecule has 0 radical (unpaired) electrons. The lowest BCUT2D eigenvalue weighted by atomic mass is 9.86. The summed E-state index contributed by atoms with van der Waals surface area (Å²) in [6.07, 6.45) is 6.08. The molecule has 6 N–H and O–H groups in total. The number of aromatic nitrogens is 2. The van der Waals surface area contributed by atoms with Crippen molar-refractivity contribution >= 4 is 41.0 Å². The maximum Gasteiger partial charge on any atom is 0.240 e. The number of phenolic OH excluding ortho intramolecular Hbond substituents is 1. The number of H-pyrrole nitrogens is 1. The minimum Gasteiger partial charge on any atom is -0.508 e. The molecule has 0 spiro atoms. The van der Waals surface area contributed by atoms with Gasteiger partial charge >= 0.3 is 0 Å². The van der Waals surface area contributed by atoms with Crippen molar-refractivity contribution in [2.24, 2.45) is 23.5 Å². The lowest BCUT2D eigenvalue weighted by Crippen LogP contribution is -2.50. The van der Waals surface area contributed by atoms with Crippen LogP contribution in [0.15, 0.2) is 36.8 Å². The van der Waals surface area contributed by atoms with E-state index < -0.39 is 41.6 Å². The van der Waals surface area contributed by atoms with E-state index >= 15 is 0 Å². The molecule has 0 bridgehead atoms. The number of ketones is 2. The van der Waals surface area contributed by atoms with E-state index in [1.807, 2.05) is 20.1 Å². The van der Waals surface area contributed by atoms with Gasteiger partial charge in [-0.05, 0) is 55.4 Å². The van der Waals surface area contributed by atoms with Crippen molar-refractivity contribution < 1.29 is 29.1 Å². The molecule has 2 aromatic rings. The number of primary amides is 1. The van der Waals surface area contributed by atoms with Gasteiger partial charge in [-0.1, -0.05) is 32.4 Å². The number of benzene rings is 1. The van der Waals surface area contributed by atoms with Crippen molar-refractivity contribution in [2.45, 2.75) is 71.4 Å². The van der Waals surface area contributed by atoms with Gasteiger partial charge in [0, 0.05) is 37.1 Å². The van der Waals surface area contributed by atoms with Crippen LogP contribution in [0, 0.1) is 17.8 Å². The highest BCUT2D eigenvalue weighted by molar-refractivity contribution is 7.98. The molecule has 0 aliphatic rings. The van der Waals surface area contributed by atoms with Crippen molar-refractivity contribution in [3.05, 3.63) is 48.0 Å². The maximum atomic E-state index is 13.7. The summed E-state index contributed by atoms with van der Waals surface area (Å²) in [5, 5.41) is 15.2. The normalized spacial score (nSPS) is 14.7. The van der Waals surface area contributed by atoms with E-state index in [-0.39, 0.29) is 48.9 Å². The van der Waals surface area contributed by atoms with Gasteiger partial charge < -0.3 is 31.3 Å². The lowest BCUT2D eigenvalue weighted by molar-refractivity contribution is -0.135. The Balaban J connectivity index is 2.26. The summed E-state index contributed by atoms with van der Waals surface area (Å²) in [7, 11) is 0. The number of hydrogen-bond acceptors (Lipinski definition) is 8. The average Bonchev–Trinajstić information content (AvgIpc) is 3.46. The van der Waals surface area contributed by atoms with Gasteiger partial charge in [0.2, 0.25) is 17.7 Å². The van der Waals surface area contributed by atoms with Gasteiger partial charge in [0.1, 0.15) is 17.6 Å². The molecule has 0 aliphatic heterocycles. The molecular formula is C30H43N5O6S. The maximum absolute atomic E-state index is 13.7. The minimum atomic E-state index is -0.891. The first-order chi connectivity index (χ1) is 19.9. The fourth-order valence-corrected chi connectivity index (χ4v) is 5.14. The predicted molar refractivity (Wildman–Crippen MR) is 162 cm³/mol. The fourth-order valence-electron chi connectivity index (χ4n) is 4.67. The Bertz CT molecular complexity index is 1190. The third kappa shape index (κ3) is 11.3. The number of hydrogen-bond donors (Lipinski definition) is 5. The molecule has 0 saturated carbocycles. The summed E-state index contributed by atoms with van der Waals surface area (Å²) in [4.78, 5) is 71.5. The molecule has 0 unspecified atom stereocenters. The van der Waals surface area contributed by atoms with Gasteiger partial charge in [0.25, 0.3) is 0 Å². The molecule has 11 nitrogen and oxygen atoms in total. The van der Waals surface area contributed by atoms with Gasteiger partial charge in [0.05, 0.1) is 18.3 Å². The Morgan fingerprint density at radius 1 is 1.02 bits per heavy atom. The summed E-state index contributed by atoms with van der Waals surface area (Å²) in [6.45, 7) is 5.16. The Labute approximate surface area is 251 Å². The van der Waals surface area contributed by atoms with E-state index in [1.54, 1.807) is 18.3 Å². The summed E-state index contributed by atoms with van der Waals surface area (Å²) in [5.41, 5.74) is 6.93. The molecule has 12 heteroatoms. The number of nitrogens with two attached hydrogens (primary N) is 1. The monoisotopic (exact) mass is 601 g/mol. The average molecular weight is 602 g/mol. The number of amides is 3. The van der Waals surface area contributed by atoms with Crippen LogP contribution < -0.4 is 16.4 Å². The summed E-state index contributed by atoms with van der Waals surface area (Å²) in [5.74, 6) is -3.17. The van der Waals surface area contributed by atoms with Crippen molar-refractivity contribution in [1.29, 1.82) is 0 Å². The summed E-state index contributed by atoms with van der Waals surface area (Å²) in [6, 6.07) is 4.63. The van der Waals surface area contributed by atoms with Gasteiger partial charge in [-0.2, -0.15) is 11.8 Å². The molecule has 5 atom stereocenters. The highest BCUT2D eigenvalue weighted by atomic mass is 32.2. The van der Waals surface area contributed by atoms with Crippen LogP contribution in [-0.2, 0) is 36.8 Å². The predicted octanol–water partition coefficient (Wildman–Crippen LogP) is 2.33. The molecular weight excluding hydrogens is 558 g/mol. The fraction of sp³-hybridized carbons (Fsp3) is 0.533. The van der Waals surface area contributed by atoms with Gasteiger partial charge in [-0.3, -0.25) is 19.2 Å². The van der Waals surface area contributed by atoms with E-state index in [0.29, 0.717) is 24.3 Å². The van der Waals surface area contributed by atoms with Crippen molar-refractivity contribution in [3.8, 4) is 5.75 Å². The number of nitrogens with one attached hydrogen (secondary N) is 3. The van der Waals surface area contributed by atoms with Crippen LogP contribution in [0.2, 0.25) is 0 Å². The van der Waals surface area contributed by atoms with Crippen molar-refractivity contribution in [1.82, 2.24) is 20.6 Å². The van der Waals surface area contributed by atoms with Crippen LogP contribution >= 0.6 is 11.8 Å². The number of imidazole rings is 1. The first kappa shape index (κ1) is 34.5. The number of aromatic amines is 1. The van der Waals surface area contributed by atoms with Crippen molar-refractivity contribution in [2.75, 3.05) is 12.0 Å². The van der Waals surface area contributed by atoms with Crippen LogP contribution in [0.1, 0.15) is 57.7 Å². The van der Waals surface area contributed by atoms with Gasteiger partial charge in [0.15, 0.2) is 5.78 Å². The van der Waals surface area contributed by atoms with E-state index in [0.717, 1.165) is 5.56 Å². The molecule has 1 aromatic heterocycles. The summed E-state index contributed by atoms with van der Waals surface area (Å²) >= 11 is 1.52. The van der Waals surface area contributed by atoms with Crippen LogP contribution in [0.25, 0.3) is 0 Å². The highest BCUT2D eigenvalue weighted by Gasteiger charge is 2.33. The molecule has 1 aromatic carbocycles. The Hall–Kier alpha value is -3.67. The van der Waals surface area contributed by atoms with Crippen LogP contribution in [-0.4, -0.2) is 68.5 Å². The number of rotatable bonds is 19. The first-order valence-electron chi connectivity index (χ1n) is 14.1.